The Bertz CT molecular complexity index is 461. The molecule has 0 saturated heterocycles. The zero-order chi connectivity index (χ0) is 15.8. The molecule has 0 fully saturated rings. The molecule has 0 aliphatic carbocycles. The summed E-state index contributed by atoms with van der Waals surface area (Å²) in [4.78, 5) is 11.9. The lowest BCUT2D eigenvalue weighted by Gasteiger charge is -2.18. The predicted octanol–water partition coefficient (Wildman–Crippen LogP) is 2.40. The lowest BCUT2D eigenvalue weighted by atomic mass is 10.1. The number of ether oxygens (including phenoxy) is 2. The highest BCUT2D eigenvalue weighted by atomic mass is 16.5. The molecule has 1 rings (SSSR count). The Morgan fingerprint density at radius 1 is 1.33 bits per heavy atom. The van der Waals surface area contributed by atoms with Crippen molar-refractivity contribution in [2.45, 2.75) is 45.8 Å². The van der Waals surface area contributed by atoms with E-state index >= 15 is 0 Å². The number of hydrogen-bond donors (Lipinski definition) is 2. The quantitative estimate of drug-likeness (QED) is 0.722. The van der Waals surface area contributed by atoms with E-state index < -0.39 is 6.10 Å². The van der Waals surface area contributed by atoms with Gasteiger partial charge in [0.2, 0.25) is 0 Å². The van der Waals surface area contributed by atoms with Crippen molar-refractivity contribution >= 4 is 5.91 Å². The third-order valence-electron chi connectivity index (χ3n) is 3.22. The van der Waals surface area contributed by atoms with E-state index in [1.165, 1.54) is 0 Å². The second kappa shape index (κ2) is 8.52. The maximum Gasteiger partial charge on any atom is 0.260 e. The van der Waals surface area contributed by atoms with Crippen molar-refractivity contribution in [3.8, 4) is 11.5 Å². The van der Waals surface area contributed by atoms with Gasteiger partial charge in [-0.1, -0.05) is 19.4 Å². The number of nitrogens with one attached hydrogen (secondary N) is 1. The van der Waals surface area contributed by atoms with Gasteiger partial charge in [0.15, 0.2) is 17.6 Å². The van der Waals surface area contributed by atoms with Crippen molar-refractivity contribution < 1.29 is 14.3 Å². The fourth-order valence-electron chi connectivity index (χ4n) is 1.84. The van der Waals surface area contributed by atoms with Crippen molar-refractivity contribution in [1.29, 1.82) is 0 Å². The highest BCUT2D eigenvalue weighted by Crippen LogP contribution is 2.30. The summed E-state index contributed by atoms with van der Waals surface area (Å²) in [6.07, 6.45) is 1.43. The van der Waals surface area contributed by atoms with Crippen LogP contribution in [-0.4, -0.2) is 25.7 Å². The van der Waals surface area contributed by atoms with E-state index in [0.717, 1.165) is 18.4 Å². The van der Waals surface area contributed by atoms with Gasteiger partial charge in [-0.15, -0.1) is 0 Å². The van der Waals surface area contributed by atoms with E-state index in [1.54, 1.807) is 20.1 Å². The summed E-state index contributed by atoms with van der Waals surface area (Å²) < 4.78 is 11.0. The molecular formula is C16H26N2O3. The number of nitrogens with two attached hydrogens (primary N) is 1. The van der Waals surface area contributed by atoms with Crippen LogP contribution in [-0.2, 0) is 4.79 Å². The smallest absolute Gasteiger partial charge is 0.260 e. The largest absolute Gasteiger partial charge is 0.493 e. The number of amides is 1. The molecule has 1 aromatic carbocycles. The van der Waals surface area contributed by atoms with Crippen LogP contribution in [0, 0.1) is 0 Å². The molecule has 0 saturated carbocycles. The SMILES string of the molecule is CCCCNC(=O)C(C)Oc1ccc([C@H](C)N)cc1OC. The Hall–Kier alpha value is -1.75. The van der Waals surface area contributed by atoms with Gasteiger partial charge in [-0.2, -0.15) is 0 Å². The molecule has 2 atom stereocenters. The highest BCUT2D eigenvalue weighted by molar-refractivity contribution is 5.80. The second-order valence-electron chi connectivity index (χ2n) is 5.10. The Morgan fingerprint density at radius 3 is 2.62 bits per heavy atom. The molecule has 118 valence electrons. The van der Waals surface area contributed by atoms with Crippen LogP contribution < -0.4 is 20.5 Å². The maximum atomic E-state index is 11.9. The standard InChI is InChI=1S/C16H26N2O3/c1-5-6-9-18-16(19)12(3)21-14-8-7-13(11(2)17)10-15(14)20-4/h7-8,10-12H,5-6,9,17H2,1-4H3,(H,18,19)/t11-,12?/m0/s1. The lowest BCUT2D eigenvalue weighted by molar-refractivity contribution is -0.127. The van der Waals surface area contributed by atoms with E-state index in [2.05, 4.69) is 12.2 Å². The van der Waals surface area contributed by atoms with Gasteiger partial charge in [0, 0.05) is 12.6 Å². The number of carbonyl (C=O) groups excluding carboxylic acids is 1. The van der Waals surface area contributed by atoms with Crippen LogP contribution in [0.1, 0.15) is 45.2 Å². The molecule has 5 heteroatoms. The Labute approximate surface area is 126 Å². The summed E-state index contributed by atoms with van der Waals surface area (Å²) in [6, 6.07) is 5.42. The Morgan fingerprint density at radius 2 is 2.05 bits per heavy atom. The molecule has 0 radical (unpaired) electrons. The minimum absolute atomic E-state index is 0.0808. The first-order valence-electron chi connectivity index (χ1n) is 7.37. The monoisotopic (exact) mass is 294 g/mol. The van der Waals surface area contributed by atoms with Gasteiger partial charge in [-0.25, -0.2) is 0 Å². The molecule has 0 aliphatic rings. The molecule has 21 heavy (non-hydrogen) atoms. The summed E-state index contributed by atoms with van der Waals surface area (Å²) in [5.41, 5.74) is 6.80. The Kier molecular flexibility index (Phi) is 7.02. The maximum absolute atomic E-state index is 11.9. The lowest BCUT2D eigenvalue weighted by Crippen LogP contribution is -2.36. The molecule has 0 bridgehead atoms. The van der Waals surface area contributed by atoms with Crippen molar-refractivity contribution in [3.05, 3.63) is 23.8 Å². The number of benzene rings is 1. The van der Waals surface area contributed by atoms with E-state index in [-0.39, 0.29) is 11.9 Å². The van der Waals surface area contributed by atoms with Gasteiger partial charge in [0.05, 0.1) is 7.11 Å². The zero-order valence-electron chi connectivity index (χ0n) is 13.3. The minimum Gasteiger partial charge on any atom is -0.493 e. The third kappa shape index (κ3) is 5.27. The fourth-order valence-corrected chi connectivity index (χ4v) is 1.84. The third-order valence-corrected chi connectivity index (χ3v) is 3.22. The van der Waals surface area contributed by atoms with Crippen LogP contribution >= 0.6 is 0 Å². The molecule has 0 aliphatic heterocycles. The van der Waals surface area contributed by atoms with Crippen LogP contribution in [0.15, 0.2) is 18.2 Å². The highest BCUT2D eigenvalue weighted by Gasteiger charge is 2.17. The van der Waals surface area contributed by atoms with Crippen molar-refractivity contribution in [1.82, 2.24) is 5.32 Å². The Balaban J connectivity index is 2.71. The molecule has 0 aromatic heterocycles. The fraction of sp³-hybridized carbons (Fsp3) is 0.562. The predicted molar refractivity (Wildman–Crippen MR) is 83.6 cm³/mol. The molecule has 0 heterocycles. The number of carbonyl (C=O) groups is 1. The molecule has 1 amide bonds. The molecular weight excluding hydrogens is 268 g/mol. The van der Waals surface area contributed by atoms with Crippen LogP contribution in [0.3, 0.4) is 0 Å². The first kappa shape index (κ1) is 17.3. The van der Waals surface area contributed by atoms with Gasteiger partial charge >= 0.3 is 0 Å². The molecule has 5 nitrogen and oxygen atoms in total. The minimum atomic E-state index is -0.572. The van der Waals surface area contributed by atoms with Crippen LogP contribution in [0.5, 0.6) is 11.5 Å². The van der Waals surface area contributed by atoms with E-state index in [0.29, 0.717) is 18.0 Å². The van der Waals surface area contributed by atoms with Gasteiger partial charge in [-0.3, -0.25) is 4.79 Å². The topological polar surface area (TPSA) is 73.6 Å². The summed E-state index contributed by atoms with van der Waals surface area (Å²) in [6.45, 7) is 6.38. The second-order valence-corrected chi connectivity index (χ2v) is 5.10. The summed E-state index contributed by atoms with van der Waals surface area (Å²) in [5, 5.41) is 2.85. The number of unbranched alkanes of at least 4 members (excludes halogenated alkanes) is 1. The number of methoxy groups -OCH3 is 1. The first-order valence-corrected chi connectivity index (χ1v) is 7.37. The van der Waals surface area contributed by atoms with E-state index in [4.69, 9.17) is 15.2 Å². The van der Waals surface area contributed by atoms with Crippen molar-refractivity contribution in [2.24, 2.45) is 5.73 Å². The number of hydrogen-bond acceptors (Lipinski definition) is 4. The molecule has 3 N–H and O–H groups in total. The van der Waals surface area contributed by atoms with Crippen molar-refractivity contribution in [2.75, 3.05) is 13.7 Å². The van der Waals surface area contributed by atoms with Crippen LogP contribution in [0.25, 0.3) is 0 Å². The average Bonchev–Trinajstić information content (AvgIpc) is 2.47. The molecule has 1 unspecified atom stereocenters. The van der Waals surface area contributed by atoms with Gasteiger partial charge in [-0.05, 0) is 38.0 Å². The number of rotatable bonds is 8. The molecule has 1 aromatic rings. The summed E-state index contributed by atoms with van der Waals surface area (Å²) in [5.74, 6) is 1.000. The molecule has 0 spiro atoms. The first-order chi connectivity index (χ1) is 9.99. The summed E-state index contributed by atoms with van der Waals surface area (Å²) >= 11 is 0. The van der Waals surface area contributed by atoms with Crippen molar-refractivity contribution in [3.63, 3.8) is 0 Å². The van der Waals surface area contributed by atoms with Crippen LogP contribution in [0.2, 0.25) is 0 Å². The zero-order valence-corrected chi connectivity index (χ0v) is 13.3. The average molecular weight is 294 g/mol. The van der Waals surface area contributed by atoms with E-state index in [9.17, 15) is 4.79 Å². The summed E-state index contributed by atoms with van der Waals surface area (Å²) in [7, 11) is 1.57. The normalized spacial score (nSPS) is 13.4. The van der Waals surface area contributed by atoms with E-state index in [1.807, 2.05) is 19.1 Å². The van der Waals surface area contributed by atoms with Crippen LogP contribution in [0.4, 0.5) is 0 Å². The van der Waals surface area contributed by atoms with Gasteiger partial charge in [0.25, 0.3) is 5.91 Å². The van der Waals surface area contributed by atoms with Gasteiger partial charge in [0.1, 0.15) is 0 Å². The van der Waals surface area contributed by atoms with Gasteiger partial charge < -0.3 is 20.5 Å².